The van der Waals surface area contributed by atoms with Gasteiger partial charge in [-0.1, -0.05) is 13.3 Å². The van der Waals surface area contributed by atoms with Gasteiger partial charge in [0.1, 0.15) is 0 Å². The first kappa shape index (κ1) is 8.95. The Morgan fingerprint density at radius 2 is 2.23 bits per heavy atom. The van der Waals surface area contributed by atoms with Crippen molar-refractivity contribution in [3.8, 4) is 0 Å². The van der Waals surface area contributed by atoms with Crippen LogP contribution in [0.15, 0.2) is 6.07 Å². The number of hydrogen-bond donors (Lipinski definition) is 0. The molecule has 0 aromatic carbocycles. The van der Waals surface area contributed by atoms with E-state index in [-0.39, 0.29) is 0 Å². The lowest BCUT2D eigenvalue weighted by molar-refractivity contribution is 0.410. The number of aromatic nitrogens is 2. The molecule has 0 spiro atoms. The monoisotopic (exact) mass is 196 g/mol. The van der Waals surface area contributed by atoms with Crippen LogP contribution in [0.5, 0.6) is 0 Å². The Bertz CT molecular complexity index is 308. The van der Waals surface area contributed by atoms with Gasteiger partial charge in [0.15, 0.2) is 0 Å². The molecular formula is C10H13ClN2. The van der Waals surface area contributed by atoms with Crippen molar-refractivity contribution in [2.75, 3.05) is 0 Å². The van der Waals surface area contributed by atoms with Crippen LogP contribution in [-0.4, -0.2) is 9.97 Å². The molecule has 0 N–H and O–H groups in total. The lowest BCUT2D eigenvalue weighted by Gasteiger charge is -2.24. The third-order valence-electron chi connectivity index (χ3n) is 2.66. The van der Waals surface area contributed by atoms with Gasteiger partial charge in [-0.05, 0) is 36.9 Å². The maximum Gasteiger partial charge on any atom is 0.222 e. The molecule has 0 bridgehead atoms. The fraction of sp³-hybridized carbons (Fsp3) is 0.600. The highest BCUT2D eigenvalue weighted by Gasteiger charge is 2.21. The summed E-state index contributed by atoms with van der Waals surface area (Å²) in [6, 6.07) is 2.09. The predicted octanol–water partition coefficient (Wildman–Crippen LogP) is 2.96. The van der Waals surface area contributed by atoms with Gasteiger partial charge in [-0.3, -0.25) is 0 Å². The number of nitrogens with zero attached hydrogens (tertiary/aromatic N) is 2. The van der Waals surface area contributed by atoms with Crippen LogP contribution in [0.25, 0.3) is 0 Å². The zero-order valence-electron chi connectivity index (χ0n) is 7.76. The molecule has 0 atom stereocenters. The number of aryl methyl sites for hydroxylation is 1. The molecule has 3 heteroatoms. The first-order chi connectivity index (χ1) is 6.29. The van der Waals surface area contributed by atoms with Crippen molar-refractivity contribution in [2.24, 2.45) is 0 Å². The Morgan fingerprint density at radius 3 is 2.77 bits per heavy atom. The zero-order valence-corrected chi connectivity index (χ0v) is 8.51. The zero-order chi connectivity index (χ0) is 9.26. The first-order valence-corrected chi connectivity index (χ1v) is 5.20. The van der Waals surface area contributed by atoms with Gasteiger partial charge in [-0.25, -0.2) is 9.97 Å². The smallest absolute Gasteiger partial charge is 0.222 e. The molecule has 1 saturated carbocycles. The molecule has 13 heavy (non-hydrogen) atoms. The molecule has 1 aliphatic carbocycles. The average Bonchev–Trinajstić information content (AvgIpc) is 2.00. The van der Waals surface area contributed by atoms with Crippen molar-refractivity contribution in [1.82, 2.24) is 9.97 Å². The number of rotatable bonds is 2. The molecule has 1 aliphatic rings. The largest absolute Gasteiger partial charge is 0.223 e. The van der Waals surface area contributed by atoms with Crippen LogP contribution in [0.4, 0.5) is 0 Å². The van der Waals surface area contributed by atoms with Crippen molar-refractivity contribution in [1.29, 1.82) is 0 Å². The van der Waals surface area contributed by atoms with Crippen LogP contribution >= 0.6 is 11.6 Å². The molecule has 1 aromatic heterocycles. The van der Waals surface area contributed by atoms with E-state index < -0.39 is 0 Å². The Kier molecular flexibility index (Phi) is 2.49. The molecule has 1 aromatic rings. The van der Waals surface area contributed by atoms with E-state index in [1.54, 1.807) is 0 Å². The molecule has 1 heterocycles. The molecule has 2 rings (SSSR count). The normalized spacial score (nSPS) is 17.1. The summed E-state index contributed by atoms with van der Waals surface area (Å²) in [5, 5.41) is 0.404. The van der Waals surface area contributed by atoms with Crippen molar-refractivity contribution < 1.29 is 0 Å². The van der Waals surface area contributed by atoms with E-state index in [9.17, 15) is 0 Å². The molecular weight excluding hydrogens is 184 g/mol. The maximum absolute atomic E-state index is 5.83. The van der Waals surface area contributed by atoms with Crippen LogP contribution in [-0.2, 0) is 6.42 Å². The van der Waals surface area contributed by atoms with Gasteiger partial charge in [0.25, 0.3) is 0 Å². The third kappa shape index (κ3) is 1.83. The minimum absolute atomic E-state index is 0.404. The van der Waals surface area contributed by atoms with E-state index in [2.05, 4.69) is 23.0 Å². The lowest BCUT2D eigenvalue weighted by atomic mass is 9.82. The first-order valence-electron chi connectivity index (χ1n) is 4.83. The molecule has 1 fully saturated rings. The minimum atomic E-state index is 0.404. The lowest BCUT2D eigenvalue weighted by Crippen LogP contribution is -2.11. The fourth-order valence-corrected chi connectivity index (χ4v) is 1.79. The van der Waals surface area contributed by atoms with Crippen molar-refractivity contribution in [3.05, 3.63) is 22.7 Å². The fourth-order valence-electron chi connectivity index (χ4n) is 1.58. The summed E-state index contributed by atoms with van der Waals surface area (Å²) in [5.41, 5.74) is 2.20. The van der Waals surface area contributed by atoms with E-state index in [0.29, 0.717) is 11.2 Å². The summed E-state index contributed by atoms with van der Waals surface area (Å²) in [6.45, 7) is 2.09. The van der Waals surface area contributed by atoms with Gasteiger partial charge in [-0.2, -0.15) is 0 Å². The average molecular weight is 197 g/mol. The van der Waals surface area contributed by atoms with Gasteiger partial charge >= 0.3 is 0 Å². The number of hydrogen-bond acceptors (Lipinski definition) is 2. The Balaban J connectivity index is 2.28. The summed E-state index contributed by atoms with van der Waals surface area (Å²) >= 11 is 5.83. The molecule has 0 radical (unpaired) electrons. The highest BCUT2D eigenvalue weighted by Crippen LogP contribution is 2.35. The molecule has 2 nitrogen and oxygen atoms in total. The Hall–Kier alpha value is -0.630. The summed E-state index contributed by atoms with van der Waals surface area (Å²) in [5.74, 6) is 0.644. The van der Waals surface area contributed by atoms with Crippen LogP contribution in [0.2, 0.25) is 5.28 Å². The van der Waals surface area contributed by atoms with E-state index in [1.165, 1.54) is 19.3 Å². The van der Waals surface area contributed by atoms with Crippen LogP contribution in [0, 0.1) is 0 Å². The van der Waals surface area contributed by atoms with Gasteiger partial charge in [0.05, 0.1) is 0 Å². The van der Waals surface area contributed by atoms with E-state index in [0.717, 1.165) is 17.8 Å². The van der Waals surface area contributed by atoms with Crippen LogP contribution in [0.3, 0.4) is 0 Å². The van der Waals surface area contributed by atoms with E-state index >= 15 is 0 Å². The van der Waals surface area contributed by atoms with Gasteiger partial charge in [0.2, 0.25) is 5.28 Å². The van der Waals surface area contributed by atoms with Gasteiger partial charge < -0.3 is 0 Å². The predicted molar refractivity (Wildman–Crippen MR) is 53.0 cm³/mol. The van der Waals surface area contributed by atoms with Gasteiger partial charge in [-0.15, -0.1) is 0 Å². The second-order valence-corrected chi connectivity index (χ2v) is 3.87. The molecule has 0 unspecified atom stereocenters. The Labute approximate surface area is 83.4 Å². The van der Waals surface area contributed by atoms with E-state index in [1.807, 2.05) is 0 Å². The second-order valence-electron chi connectivity index (χ2n) is 3.53. The quantitative estimate of drug-likeness (QED) is 0.680. The maximum atomic E-state index is 5.83. The number of halogens is 1. The topological polar surface area (TPSA) is 25.8 Å². The standard InChI is InChI=1S/C10H13ClN2/c1-2-8-6-9(7-4-3-5-7)13-10(11)12-8/h6-7H,2-5H2,1H3. The van der Waals surface area contributed by atoms with Crippen molar-refractivity contribution in [2.45, 2.75) is 38.5 Å². The second kappa shape index (κ2) is 3.62. The van der Waals surface area contributed by atoms with E-state index in [4.69, 9.17) is 11.6 Å². The molecule has 0 aliphatic heterocycles. The van der Waals surface area contributed by atoms with Crippen LogP contribution < -0.4 is 0 Å². The van der Waals surface area contributed by atoms with Crippen LogP contribution in [0.1, 0.15) is 43.5 Å². The summed E-state index contributed by atoms with van der Waals surface area (Å²) < 4.78 is 0. The van der Waals surface area contributed by atoms with Gasteiger partial charge in [0, 0.05) is 17.3 Å². The SMILES string of the molecule is CCc1cc(C2CCC2)nc(Cl)n1. The summed E-state index contributed by atoms with van der Waals surface area (Å²) in [7, 11) is 0. The van der Waals surface area contributed by atoms with Crippen molar-refractivity contribution in [3.63, 3.8) is 0 Å². The Morgan fingerprint density at radius 1 is 1.46 bits per heavy atom. The summed E-state index contributed by atoms with van der Waals surface area (Å²) in [6.07, 6.45) is 4.78. The molecule has 0 amide bonds. The molecule has 70 valence electrons. The minimum Gasteiger partial charge on any atom is -0.223 e. The van der Waals surface area contributed by atoms with Crippen molar-refractivity contribution >= 4 is 11.6 Å². The highest BCUT2D eigenvalue weighted by atomic mass is 35.5. The third-order valence-corrected chi connectivity index (χ3v) is 2.83. The molecule has 0 saturated heterocycles. The highest BCUT2D eigenvalue weighted by molar-refractivity contribution is 6.28. The summed E-state index contributed by atoms with van der Waals surface area (Å²) in [4.78, 5) is 8.41.